The molecule has 4 aliphatic carbocycles. The molecule has 2 N–H and O–H groups in total. The minimum Gasteiger partial charge on any atom is -0.393 e. The Morgan fingerprint density at radius 3 is 2.78 bits per heavy atom. The van der Waals surface area contributed by atoms with Crippen molar-refractivity contribution in [1.29, 1.82) is 0 Å². The molecule has 3 atom stereocenters. The van der Waals surface area contributed by atoms with E-state index in [0.717, 1.165) is 51.5 Å². The SMILES string of the molecule is O=C(NC1CCCN(c2cccc(F)n2)C1)C12CC3CC(C1)C(O)C(C3)C2. The molecule has 6 heteroatoms. The third kappa shape index (κ3) is 3.02. The Balaban J connectivity index is 1.27. The molecular weight excluding hydrogens is 345 g/mol. The van der Waals surface area contributed by atoms with Crippen molar-refractivity contribution in [3.05, 3.63) is 24.1 Å². The van der Waals surface area contributed by atoms with Crippen LogP contribution in [0.1, 0.15) is 44.9 Å². The number of halogens is 1. The number of hydrogen-bond donors (Lipinski definition) is 2. The van der Waals surface area contributed by atoms with Gasteiger partial charge in [0.2, 0.25) is 11.9 Å². The van der Waals surface area contributed by atoms with Crippen LogP contribution >= 0.6 is 0 Å². The molecule has 1 aromatic heterocycles. The van der Waals surface area contributed by atoms with Crippen molar-refractivity contribution >= 4 is 11.7 Å². The molecule has 0 radical (unpaired) electrons. The van der Waals surface area contributed by atoms with Crippen LogP contribution in [0.4, 0.5) is 10.2 Å². The molecule has 1 aliphatic heterocycles. The predicted molar refractivity (Wildman–Crippen MR) is 99.6 cm³/mol. The Morgan fingerprint density at radius 1 is 1.26 bits per heavy atom. The highest BCUT2D eigenvalue weighted by atomic mass is 19.1. The molecule has 3 unspecified atom stereocenters. The molecule has 1 saturated heterocycles. The molecule has 6 rings (SSSR count). The Morgan fingerprint density at radius 2 is 2.04 bits per heavy atom. The van der Waals surface area contributed by atoms with E-state index in [1.807, 2.05) is 6.07 Å². The minimum atomic E-state index is -0.467. The number of pyridine rings is 1. The summed E-state index contributed by atoms with van der Waals surface area (Å²) in [5, 5.41) is 13.8. The van der Waals surface area contributed by atoms with Crippen LogP contribution in [0.2, 0.25) is 0 Å². The first-order chi connectivity index (χ1) is 13.0. The lowest BCUT2D eigenvalue weighted by Crippen LogP contribution is -2.60. The summed E-state index contributed by atoms with van der Waals surface area (Å²) in [5.74, 6) is 1.59. The van der Waals surface area contributed by atoms with Crippen molar-refractivity contribution < 1.29 is 14.3 Å². The van der Waals surface area contributed by atoms with Crippen LogP contribution in [0, 0.1) is 29.1 Å². The third-order valence-corrected chi connectivity index (χ3v) is 7.49. The van der Waals surface area contributed by atoms with E-state index in [-0.39, 0.29) is 23.5 Å². The van der Waals surface area contributed by atoms with E-state index >= 15 is 0 Å². The van der Waals surface area contributed by atoms with Crippen molar-refractivity contribution in [3.63, 3.8) is 0 Å². The van der Waals surface area contributed by atoms with E-state index in [1.54, 1.807) is 6.07 Å². The molecule has 4 bridgehead atoms. The summed E-state index contributed by atoms with van der Waals surface area (Å²) < 4.78 is 13.5. The Bertz CT molecular complexity index is 726. The Kier molecular flexibility index (Phi) is 4.15. The summed E-state index contributed by atoms with van der Waals surface area (Å²) in [5.41, 5.74) is -0.269. The molecule has 5 fully saturated rings. The fourth-order valence-electron chi connectivity index (χ4n) is 6.49. The molecule has 1 aromatic rings. The standard InChI is InChI=1S/C21H28FN3O2/c22-17-4-1-5-18(24-17)25-6-2-3-16(12-25)23-20(27)21-9-13-7-14(10-21)19(26)15(8-13)11-21/h1,4-5,13-16,19,26H,2-3,6-12H2,(H,23,27). The van der Waals surface area contributed by atoms with Gasteiger partial charge in [-0.05, 0) is 74.8 Å². The summed E-state index contributed by atoms with van der Waals surface area (Å²) in [6.07, 6.45) is 6.57. The number of aromatic nitrogens is 1. The number of amides is 1. The van der Waals surface area contributed by atoms with Crippen LogP contribution in [0.3, 0.4) is 0 Å². The second-order valence-corrected chi connectivity index (χ2v) is 9.32. The lowest BCUT2D eigenvalue weighted by atomic mass is 9.48. The zero-order valence-electron chi connectivity index (χ0n) is 15.6. The number of piperidine rings is 1. The van der Waals surface area contributed by atoms with Crippen molar-refractivity contribution in [3.8, 4) is 0 Å². The normalized spacial score (nSPS) is 40.2. The molecule has 1 amide bonds. The maximum atomic E-state index is 13.5. The van der Waals surface area contributed by atoms with E-state index in [2.05, 4.69) is 15.2 Å². The highest BCUT2D eigenvalue weighted by molar-refractivity contribution is 5.83. The summed E-state index contributed by atoms with van der Waals surface area (Å²) >= 11 is 0. The molecular formula is C21H28FN3O2. The molecule has 146 valence electrons. The first-order valence-corrected chi connectivity index (χ1v) is 10.4. The lowest BCUT2D eigenvalue weighted by molar-refractivity contribution is -0.163. The van der Waals surface area contributed by atoms with Crippen molar-refractivity contribution in [2.75, 3.05) is 18.0 Å². The summed E-state index contributed by atoms with van der Waals surface area (Å²) in [6.45, 7) is 1.52. The summed E-state index contributed by atoms with van der Waals surface area (Å²) in [7, 11) is 0. The van der Waals surface area contributed by atoms with Gasteiger partial charge in [0.1, 0.15) is 5.82 Å². The number of aliphatic hydroxyl groups is 1. The monoisotopic (exact) mass is 373 g/mol. The molecule has 0 spiro atoms. The smallest absolute Gasteiger partial charge is 0.226 e. The lowest BCUT2D eigenvalue weighted by Gasteiger charge is -2.58. The van der Waals surface area contributed by atoms with Gasteiger partial charge >= 0.3 is 0 Å². The van der Waals surface area contributed by atoms with Gasteiger partial charge in [0.15, 0.2) is 0 Å². The van der Waals surface area contributed by atoms with E-state index in [1.165, 1.54) is 6.07 Å². The molecule has 2 heterocycles. The number of carbonyl (C=O) groups excluding carboxylic acids is 1. The van der Waals surface area contributed by atoms with Gasteiger partial charge in [-0.25, -0.2) is 4.98 Å². The number of aliphatic hydroxyl groups excluding tert-OH is 1. The molecule has 5 nitrogen and oxygen atoms in total. The molecule has 5 aliphatic rings. The van der Waals surface area contributed by atoms with Crippen molar-refractivity contribution in [1.82, 2.24) is 10.3 Å². The molecule has 0 aromatic carbocycles. The topological polar surface area (TPSA) is 65.5 Å². The highest BCUT2D eigenvalue weighted by Gasteiger charge is 2.58. The van der Waals surface area contributed by atoms with Gasteiger partial charge in [-0.3, -0.25) is 4.79 Å². The van der Waals surface area contributed by atoms with Crippen molar-refractivity contribution in [2.45, 2.75) is 57.1 Å². The first-order valence-electron chi connectivity index (χ1n) is 10.4. The van der Waals surface area contributed by atoms with Crippen LogP contribution in [0.15, 0.2) is 18.2 Å². The average Bonchev–Trinajstić information content (AvgIpc) is 2.65. The highest BCUT2D eigenvalue weighted by Crippen LogP contribution is 2.60. The zero-order valence-corrected chi connectivity index (χ0v) is 15.6. The minimum absolute atomic E-state index is 0.0780. The number of carbonyl (C=O) groups is 1. The Hall–Kier alpha value is -1.69. The number of nitrogens with zero attached hydrogens (tertiary/aromatic N) is 2. The first kappa shape index (κ1) is 17.4. The van der Waals surface area contributed by atoms with E-state index in [9.17, 15) is 14.3 Å². The predicted octanol–water partition coefficient (Wildman–Crippen LogP) is 2.49. The number of hydrogen-bond acceptors (Lipinski definition) is 4. The number of anilines is 1. The fourth-order valence-corrected chi connectivity index (χ4v) is 6.49. The van der Waals surface area contributed by atoms with Crippen LogP contribution in [-0.4, -0.2) is 41.2 Å². The van der Waals surface area contributed by atoms with Crippen LogP contribution < -0.4 is 10.2 Å². The van der Waals surface area contributed by atoms with Gasteiger partial charge in [-0.15, -0.1) is 0 Å². The quantitative estimate of drug-likeness (QED) is 0.799. The van der Waals surface area contributed by atoms with Crippen LogP contribution in [-0.2, 0) is 4.79 Å². The number of nitrogens with one attached hydrogen (secondary N) is 1. The third-order valence-electron chi connectivity index (χ3n) is 7.49. The summed E-state index contributed by atoms with van der Waals surface area (Å²) in [6, 6.07) is 4.94. The number of rotatable bonds is 3. The Labute approximate surface area is 159 Å². The molecule has 4 saturated carbocycles. The second kappa shape index (κ2) is 6.43. The van der Waals surface area contributed by atoms with Gasteiger partial charge in [-0.1, -0.05) is 6.07 Å². The average molecular weight is 373 g/mol. The largest absolute Gasteiger partial charge is 0.393 e. The van der Waals surface area contributed by atoms with E-state index in [4.69, 9.17) is 0 Å². The van der Waals surface area contributed by atoms with E-state index < -0.39 is 5.95 Å². The van der Waals surface area contributed by atoms with Gasteiger partial charge in [0, 0.05) is 19.1 Å². The van der Waals surface area contributed by atoms with Gasteiger partial charge in [0.25, 0.3) is 0 Å². The van der Waals surface area contributed by atoms with Gasteiger partial charge in [0.05, 0.1) is 11.5 Å². The van der Waals surface area contributed by atoms with Gasteiger partial charge in [-0.2, -0.15) is 4.39 Å². The van der Waals surface area contributed by atoms with Crippen molar-refractivity contribution in [2.24, 2.45) is 23.2 Å². The van der Waals surface area contributed by atoms with E-state index in [0.29, 0.717) is 30.1 Å². The van der Waals surface area contributed by atoms with Crippen LogP contribution in [0.5, 0.6) is 0 Å². The maximum Gasteiger partial charge on any atom is 0.226 e. The van der Waals surface area contributed by atoms with Gasteiger partial charge < -0.3 is 15.3 Å². The maximum absolute atomic E-state index is 13.5. The second-order valence-electron chi connectivity index (χ2n) is 9.32. The van der Waals surface area contributed by atoms with Crippen LogP contribution in [0.25, 0.3) is 0 Å². The fraction of sp³-hybridized carbons (Fsp3) is 0.714. The summed E-state index contributed by atoms with van der Waals surface area (Å²) in [4.78, 5) is 19.3. The zero-order chi connectivity index (χ0) is 18.6. The molecule has 27 heavy (non-hydrogen) atoms.